The molecule has 0 spiro atoms. The Morgan fingerprint density at radius 2 is 1.77 bits per heavy atom. The largest absolute Gasteiger partial charge is 0.448 e. The summed E-state index contributed by atoms with van der Waals surface area (Å²) in [7, 11) is 0. The van der Waals surface area contributed by atoms with E-state index in [-0.39, 0.29) is 11.3 Å². The van der Waals surface area contributed by atoms with Gasteiger partial charge in [0.25, 0.3) is 0 Å². The molecular weight excluding hydrogens is 276 g/mol. The van der Waals surface area contributed by atoms with Gasteiger partial charge in [-0.25, -0.2) is 4.98 Å². The Morgan fingerprint density at radius 3 is 2.27 bits per heavy atom. The van der Waals surface area contributed by atoms with E-state index in [1.807, 2.05) is 0 Å². The summed E-state index contributed by atoms with van der Waals surface area (Å²) in [6, 6.07) is 2.08. The second-order valence-electron chi connectivity index (χ2n) is 7.52. The fourth-order valence-electron chi connectivity index (χ4n) is 2.64. The Labute approximate surface area is 133 Å². The molecule has 2 aromatic rings. The van der Waals surface area contributed by atoms with Crippen LogP contribution in [0.3, 0.4) is 0 Å². The lowest BCUT2D eigenvalue weighted by Crippen LogP contribution is -2.20. The number of aromatic nitrogens is 2. The minimum Gasteiger partial charge on any atom is -0.448 e. The third-order valence-corrected chi connectivity index (χ3v) is 4.15. The van der Waals surface area contributed by atoms with Crippen molar-refractivity contribution in [3.63, 3.8) is 0 Å². The van der Waals surface area contributed by atoms with Crippen molar-refractivity contribution in [2.75, 3.05) is 0 Å². The van der Waals surface area contributed by atoms with Crippen LogP contribution in [0.5, 0.6) is 0 Å². The van der Waals surface area contributed by atoms with E-state index in [0.717, 1.165) is 29.5 Å². The van der Waals surface area contributed by atoms with E-state index in [9.17, 15) is 0 Å². The topological polar surface area (TPSA) is 52.1 Å². The fourth-order valence-corrected chi connectivity index (χ4v) is 2.64. The summed E-state index contributed by atoms with van der Waals surface area (Å²) >= 11 is 0. The van der Waals surface area contributed by atoms with Crippen molar-refractivity contribution in [1.29, 1.82) is 0 Å². The van der Waals surface area contributed by atoms with Gasteiger partial charge in [-0.05, 0) is 12.3 Å². The van der Waals surface area contributed by atoms with Crippen molar-refractivity contribution in [3.05, 3.63) is 35.4 Å². The molecule has 1 unspecified atom stereocenters. The lowest BCUT2D eigenvalue weighted by atomic mass is 9.80. The van der Waals surface area contributed by atoms with Gasteiger partial charge in [-0.15, -0.1) is 0 Å². The highest BCUT2D eigenvalue weighted by molar-refractivity contribution is 5.17. The molecule has 22 heavy (non-hydrogen) atoms. The van der Waals surface area contributed by atoms with Crippen molar-refractivity contribution in [1.82, 2.24) is 10.1 Å². The van der Waals surface area contributed by atoms with Crippen LogP contribution in [0, 0.1) is 0 Å². The number of hydrogen-bond acceptors (Lipinski definition) is 4. The van der Waals surface area contributed by atoms with Crippen LogP contribution in [0.1, 0.15) is 95.7 Å². The molecule has 0 aliphatic carbocycles. The Bertz CT molecular complexity index is 608. The van der Waals surface area contributed by atoms with Gasteiger partial charge in [0, 0.05) is 23.3 Å². The molecule has 2 aromatic heterocycles. The summed E-state index contributed by atoms with van der Waals surface area (Å²) in [4.78, 5) is 4.65. The number of oxazole rings is 1. The van der Waals surface area contributed by atoms with E-state index in [2.05, 4.69) is 64.7 Å². The predicted molar refractivity (Wildman–Crippen MR) is 87.2 cm³/mol. The zero-order valence-corrected chi connectivity index (χ0v) is 14.8. The maximum Gasteiger partial charge on any atom is 0.196 e. The molecule has 0 aliphatic rings. The van der Waals surface area contributed by atoms with E-state index in [1.54, 1.807) is 6.26 Å². The molecule has 4 nitrogen and oxygen atoms in total. The predicted octanol–water partition coefficient (Wildman–Crippen LogP) is 5.38. The summed E-state index contributed by atoms with van der Waals surface area (Å²) < 4.78 is 11.1. The summed E-state index contributed by atoms with van der Waals surface area (Å²) in [6.07, 6.45) is 2.73. The van der Waals surface area contributed by atoms with Crippen molar-refractivity contribution in [2.24, 2.45) is 0 Å². The molecule has 0 aliphatic heterocycles. The number of nitrogens with zero attached hydrogens (tertiary/aromatic N) is 2. The molecule has 4 heteroatoms. The van der Waals surface area contributed by atoms with Crippen molar-refractivity contribution < 1.29 is 8.94 Å². The van der Waals surface area contributed by atoms with E-state index in [4.69, 9.17) is 8.94 Å². The summed E-state index contributed by atoms with van der Waals surface area (Å²) in [5, 5.41) is 4.16. The molecule has 2 heterocycles. The third kappa shape index (κ3) is 3.60. The highest BCUT2D eigenvalue weighted by Gasteiger charge is 2.29. The lowest BCUT2D eigenvalue weighted by Gasteiger charge is -2.24. The number of rotatable bonds is 6. The van der Waals surface area contributed by atoms with Crippen LogP contribution in [0.25, 0.3) is 0 Å². The Morgan fingerprint density at radius 1 is 1.09 bits per heavy atom. The second-order valence-corrected chi connectivity index (χ2v) is 7.52. The van der Waals surface area contributed by atoms with E-state index >= 15 is 0 Å². The molecule has 1 atom stereocenters. The van der Waals surface area contributed by atoms with Crippen LogP contribution in [0.4, 0.5) is 0 Å². The molecular formula is C18H28N2O2. The van der Waals surface area contributed by atoms with Crippen molar-refractivity contribution in [2.45, 2.75) is 78.1 Å². The standard InChI is InChI=1S/C18H28N2O2/c1-11(2)14-8-15(22-20-14)13(5)9-18(6,7)16-10-21-17(19-16)12(3)4/h8,10-13H,9H2,1-7H3. The SMILES string of the molecule is CC(C)c1cc(C(C)CC(C)(C)c2coc(C(C)C)n2)on1. The molecule has 122 valence electrons. The Balaban J connectivity index is 2.12. The fraction of sp³-hybridized carbons (Fsp3) is 0.667. The minimum atomic E-state index is -0.0686. The van der Waals surface area contributed by atoms with Gasteiger partial charge in [0.1, 0.15) is 12.0 Å². The second kappa shape index (κ2) is 6.27. The van der Waals surface area contributed by atoms with Gasteiger partial charge >= 0.3 is 0 Å². The highest BCUT2D eigenvalue weighted by Crippen LogP contribution is 2.35. The molecule has 0 fully saturated rings. The first kappa shape index (κ1) is 16.8. The average Bonchev–Trinajstić information content (AvgIpc) is 3.08. The normalized spacial score (nSPS) is 14.0. The zero-order valence-electron chi connectivity index (χ0n) is 14.8. The highest BCUT2D eigenvalue weighted by atomic mass is 16.5. The van der Waals surface area contributed by atoms with Gasteiger partial charge < -0.3 is 8.94 Å². The van der Waals surface area contributed by atoms with Gasteiger partial charge in [-0.1, -0.05) is 53.6 Å². The van der Waals surface area contributed by atoms with E-state index in [1.165, 1.54) is 0 Å². The first-order valence-corrected chi connectivity index (χ1v) is 8.13. The van der Waals surface area contributed by atoms with Gasteiger partial charge in [-0.2, -0.15) is 0 Å². The summed E-state index contributed by atoms with van der Waals surface area (Å²) in [6.45, 7) is 15.0. The first-order valence-electron chi connectivity index (χ1n) is 8.13. The molecule has 0 bridgehead atoms. The smallest absolute Gasteiger partial charge is 0.196 e. The zero-order chi connectivity index (χ0) is 16.5. The quantitative estimate of drug-likeness (QED) is 0.718. The van der Waals surface area contributed by atoms with Gasteiger partial charge in [0.2, 0.25) is 0 Å². The maximum atomic E-state index is 5.59. The molecule has 0 radical (unpaired) electrons. The van der Waals surface area contributed by atoms with Gasteiger partial charge in [-0.3, -0.25) is 0 Å². The van der Waals surface area contributed by atoms with Gasteiger partial charge in [0.15, 0.2) is 5.89 Å². The first-order chi connectivity index (χ1) is 10.2. The van der Waals surface area contributed by atoms with Crippen LogP contribution < -0.4 is 0 Å². The van der Waals surface area contributed by atoms with Crippen molar-refractivity contribution in [3.8, 4) is 0 Å². The minimum absolute atomic E-state index is 0.0686. The summed E-state index contributed by atoms with van der Waals surface area (Å²) in [5.74, 6) is 2.74. The van der Waals surface area contributed by atoms with Crippen LogP contribution >= 0.6 is 0 Å². The van der Waals surface area contributed by atoms with Crippen LogP contribution in [-0.4, -0.2) is 10.1 Å². The van der Waals surface area contributed by atoms with Crippen molar-refractivity contribution >= 4 is 0 Å². The van der Waals surface area contributed by atoms with Crippen LogP contribution in [0.15, 0.2) is 21.3 Å². The molecule has 0 aromatic carbocycles. The molecule has 0 saturated carbocycles. The van der Waals surface area contributed by atoms with Gasteiger partial charge in [0.05, 0.1) is 11.4 Å². The number of hydrogen-bond donors (Lipinski definition) is 0. The molecule has 2 rings (SSSR count). The van der Waals surface area contributed by atoms with E-state index in [0.29, 0.717) is 11.8 Å². The summed E-state index contributed by atoms with van der Waals surface area (Å²) in [5.41, 5.74) is 1.95. The molecule has 0 N–H and O–H groups in total. The Kier molecular flexibility index (Phi) is 4.78. The lowest BCUT2D eigenvalue weighted by molar-refractivity contribution is 0.327. The maximum absolute atomic E-state index is 5.59. The monoisotopic (exact) mass is 304 g/mol. The average molecular weight is 304 g/mol. The Hall–Kier alpha value is -1.58. The van der Waals surface area contributed by atoms with E-state index < -0.39 is 0 Å². The molecule has 0 saturated heterocycles. The third-order valence-electron chi connectivity index (χ3n) is 4.15. The molecule has 0 amide bonds. The van der Waals surface area contributed by atoms with Crippen LogP contribution in [0.2, 0.25) is 0 Å². The van der Waals surface area contributed by atoms with Crippen LogP contribution in [-0.2, 0) is 5.41 Å².